The summed E-state index contributed by atoms with van der Waals surface area (Å²) in [6.45, 7) is 2.72. The molecule has 0 atom stereocenters. The third kappa shape index (κ3) is 3.68. The minimum Gasteiger partial charge on any atom is -0.506 e. The number of carbonyl (C=O) groups is 2. The van der Waals surface area contributed by atoms with Crippen molar-refractivity contribution in [2.45, 2.75) is 32.0 Å². The summed E-state index contributed by atoms with van der Waals surface area (Å²) in [6.07, 6.45) is 0.134. The highest BCUT2D eigenvalue weighted by Crippen LogP contribution is 2.41. The van der Waals surface area contributed by atoms with Crippen molar-refractivity contribution in [1.29, 1.82) is 0 Å². The number of aromatic hydroxyl groups is 1. The first-order chi connectivity index (χ1) is 13.4. The van der Waals surface area contributed by atoms with Gasteiger partial charge in [0.1, 0.15) is 23.0 Å². The molecule has 0 radical (unpaired) electrons. The molecule has 1 saturated heterocycles. The zero-order chi connectivity index (χ0) is 20.3. The largest absolute Gasteiger partial charge is 0.506 e. The van der Waals surface area contributed by atoms with Crippen molar-refractivity contribution < 1.29 is 33.6 Å². The van der Waals surface area contributed by atoms with E-state index in [0.29, 0.717) is 41.9 Å². The Morgan fingerprint density at radius 1 is 1.14 bits per heavy atom. The van der Waals surface area contributed by atoms with Crippen molar-refractivity contribution in [2.24, 2.45) is 0 Å². The second-order valence-corrected chi connectivity index (χ2v) is 6.63. The van der Waals surface area contributed by atoms with Crippen LogP contribution < -0.4 is 9.47 Å². The minimum absolute atomic E-state index is 0.00988. The number of hydrogen-bond acceptors (Lipinski definition) is 7. The Labute approximate surface area is 163 Å². The highest BCUT2D eigenvalue weighted by atomic mass is 16.7. The van der Waals surface area contributed by atoms with Gasteiger partial charge in [-0.1, -0.05) is 19.1 Å². The summed E-state index contributed by atoms with van der Waals surface area (Å²) in [7, 11) is 2.95. The summed E-state index contributed by atoms with van der Waals surface area (Å²) >= 11 is 0. The number of carbonyl (C=O) groups excluding carboxylic acids is 2. The van der Waals surface area contributed by atoms with Gasteiger partial charge in [-0.25, -0.2) is 0 Å². The lowest BCUT2D eigenvalue weighted by atomic mass is 9.96. The van der Waals surface area contributed by atoms with Crippen LogP contribution in [0.25, 0.3) is 10.8 Å². The van der Waals surface area contributed by atoms with Gasteiger partial charge in [0.2, 0.25) is 0 Å². The fourth-order valence-electron chi connectivity index (χ4n) is 3.51. The van der Waals surface area contributed by atoms with Crippen LogP contribution in [0.2, 0.25) is 0 Å². The number of hydrogen-bond donors (Lipinski definition) is 1. The maximum Gasteiger partial charge on any atom is 0.175 e. The van der Waals surface area contributed by atoms with E-state index in [0.717, 1.165) is 0 Å². The summed E-state index contributed by atoms with van der Waals surface area (Å²) in [5.41, 5.74) is 0.0148. The van der Waals surface area contributed by atoms with Gasteiger partial charge in [0.05, 0.1) is 51.2 Å². The molecule has 2 aromatic rings. The van der Waals surface area contributed by atoms with E-state index in [4.69, 9.17) is 18.9 Å². The molecular weight excluding hydrogens is 364 g/mol. The van der Waals surface area contributed by atoms with Gasteiger partial charge in [0, 0.05) is 5.39 Å². The quantitative estimate of drug-likeness (QED) is 0.548. The van der Waals surface area contributed by atoms with Gasteiger partial charge in [-0.2, -0.15) is 0 Å². The summed E-state index contributed by atoms with van der Waals surface area (Å²) in [4.78, 5) is 25.3. The number of phenolic OH excluding ortho intramolecular Hbond substituents is 1. The molecule has 0 bridgehead atoms. The summed E-state index contributed by atoms with van der Waals surface area (Å²) in [6, 6.07) is 6.65. The van der Waals surface area contributed by atoms with E-state index in [1.54, 1.807) is 18.2 Å². The highest BCUT2D eigenvalue weighted by Gasteiger charge is 2.37. The Morgan fingerprint density at radius 3 is 2.43 bits per heavy atom. The smallest absolute Gasteiger partial charge is 0.175 e. The SMILES string of the molecule is CCC1(CC(=O)CC(=O)c2cc(OC)c3cccc(OC)c3c2O)OCCO1. The second kappa shape index (κ2) is 8.16. The Bertz CT molecular complexity index is 897. The van der Waals surface area contributed by atoms with Gasteiger partial charge in [-0.3, -0.25) is 9.59 Å². The van der Waals surface area contributed by atoms with Crippen LogP contribution in [0.15, 0.2) is 24.3 Å². The third-order valence-corrected chi connectivity index (χ3v) is 4.98. The van der Waals surface area contributed by atoms with Crippen LogP contribution >= 0.6 is 0 Å². The summed E-state index contributed by atoms with van der Waals surface area (Å²) in [5.74, 6) is -1.18. The monoisotopic (exact) mass is 388 g/mol. The molecule has 28 heavy (non-hydrogen) atoms. The zero-order valence-electron chi connectivity index (χ0n) is 16.2. The van der Waals surface area contributed by atoms with Crippen LogP contribution in [0.4, 0.5) is 0 Å². The number of phenols is 1. The number of ether oxygens (including phenoxy) is 4. The summed E-state index contributed by atoms with van der Waals surface area (Å²) in [5, 5.41) is 11.7. The van der Waals surface area contributed by atoms with Gasteiger partial charge in [0.25, 0.3) is 0 Å². The molecule has 1 heterocycles. The molecule has 0 spiro atoms. The van der Waals surface area contributed by atoms with Crippen LogP contribution in [-0.4, -0.2) is 49.9 Å². The van der Waals surface area contributed by atoms with Crippen molar-refractivity contribution >= 4 is 22.3 Å². The molecule has 3 rings (SSSR count). The van der Waals surface area contributed by atoms with Gasteiger partial charge in [0.15, 0.2) is 11.6 Å². The Balaban J connectivity index is 1.91. The second-order valence-electron chi connectivity index (χ2n) is 6.63. The van der Waals surface area contributed by atoms with Gasteiger partial charge in [-0.15, -0.1) is 0 Å². The molecule has 7 nitrogen and oxygen atoms in total. The normalized spacial score (nSPS) is 15.5. The maximum atomic E-state index is 12.8. The first-order valence-corrected chi connectivity index (χ1v) is 9.14. The lowest BCUT2D eigenvalue weighted by Gasteiger charge is -2.24. The molecule has 1 N–H and O–H groups in total. The molecule has 1 fully saturated rings. The van der Waals surface area contributed by atoms with E-state index >= 15 is 0 Å². The Kier molecular flexibility index (Phi) is 5.86. The van der Waals surface area contributed by atoms with Crippen LogP contribution in [0.5, 0.6) is 17.2 Å². The summed E-state index contributed by atoms with van der Waals surface area (Å²) < 4.78 is 21.8. The molecule has 0 unspecified atom stereocenters. The fourth-order valence-corrected chi connectivity index (χ4v) is 3.51. The van der Waals surface area contributed by atoms with Crippen LogP contribution in [0, 0.1) is 0 Å². The van der Waals surface area contributed by atoms with Crippen LogP contribution in [0.1, 0.15) is 36.5 Å². The lowest BCUT2D eigenvalue weighted by molar-refractivity contribution is -0.169. The Hall–Kier alpha value is -2.64. The number of rotatable bonds is 8. The molecule has 0 amide bonds. The lowest BCUT2D eigenvalue weighted by Crippen LogP contribution is -2.32. The van der Waals surface area contributed by atoms with Crippen molar-refractivity contribution in [1.82, 2.24) is 0 Å². The number of fused-ring (bicyclic) bond motifs is 1. The molecule has 1 aliphatic rings. The highest BCUT2D eigenvalue weighted by molar-refractivity contribution is 6.13. The standard InChI is InChI=1S/C21H24O7/c1-4-21(27-8-9-28-21)12-13(22)10-16(23)15-11-18(26-3)14-6-5-7-17(25-2)19(14)20(15)24/h5-7,11,24H,4,8-10,12H2,1-3H3. The predicted molar refractivity (Wildman–Crippen MR) is 102 cm³/mol. The molecule has 0 saturated carbocycles. The van der Waals surface area contributed by atoms with Crippen molar-refractivity contribution in [3.63, 3.8) is 0 Å². The molecule has 2 aromatic carbocycles. The molecule has 150 valence electrons. The van der Waals surface area contributed by atoms with E-state index in [1.807, 2.05) is 6.92 Å². The first kappa shape index (κ1) is 20.1. The maximum absolute atomic E-state index is 12.8. The molecule has 0 aliphatic carbocycles. The average Bonchev–Trinajstić information content (AvgIpc) is 3.16. The third-order valence-electron chi connectivity index (χ3n) is 4.98. The number of methoxy groups -OCH3 is 2. The fraction of sp³-hybridized carbons (Fsp3) is 0.429. The molecular formula is C21H24O7. The van der Waals surface area contributed by atoms with Gasteiger partial charge < -0.3 is 24.1 Å². The van der Waals surface area contributed by atoms with Crippen molar-refractivity contribution in [3.8, 4) is 17.2 Å². The first-order valence-electron chi connectivity index (χ1n) is 9.14. The Morgan fingerprint density at radius 2 is 1.82 bits per heavy atom. The van der Waals surface area contributed by atoms with Crippen LogP contribution in [0.3, 0.4) is 0 Å². The van der Waals surface area contributed by atoms with Crippen molar-refractivity contribution in [2.75, 3.05) is 27.4 Å². The topological polar surface area (TPSA) is 91.3 Å². The van der Waals surface area contributed by atoms with Crippen LogP contribution in [-0.2, 0) is 14.3 Å². The minimum atomic E-state index is -0.955. The predicted octanol–water partition coefficient (Wildman–Crippen LogP) is 3.25. The molecule has 7 heteroatoms. The number of benzene rings is 2. The van der Waals surface area contributed by atoms with E-state index in [2.05, 4.69) is 0 Å². The number of Topliss-reactive ketones (excluding diaryl/α,β-unsaturated/α-hetero) is 2. The molecule has 0 aromatic heterocycles. The van der Waals surface area contributed by atoms with E-state index in [1.165, 1.54) is 20.3 Å². The van der Waals surface area contributed by atoms with E-state index in [9.17, 15) is 14.7 Å². The van der Waals surface area contributed by atoms with Crippen molar-refractivity contribution in [3.05, 3.63) is 29.8 Å². The van der Waals surface area contributed by atoms with E-state index in [-0.39, 0.29) is 29.9 Å². The number of ketones is 2. The van der Waals surface area contributed by atoms with Gasteiger partial charge >= 0.3 is 0 Å². The van der Waals surface area contributed by atoms with E-state index < -0.39 is 11.6 Å². The molecule has 1 aliphatic heterocycles. The van der Waals surface area contributed by atoms with Gasteiger partial charge in [-0.05, 0) is 18.6 Å². The zero-order valence-corrected chi connectivity index (χ0v) is 16.2. The average molecular weight is 388 g/mol.